The molecule has 0 atom stereocenters. The van der Waals surface area contributed by atoms with Gasteiger partial charge in [0.25, 0.3) is 11.1 Å². The van der Waals surface area contributed by atoms with E-state index in [0.29, 0.717) is 11.1 Å². The molecule has 2 aromatic rings. The number of aromatic amines is 1. The third-order valence-corrected chi connectivity index (χ3v) is 4.65. The monoisotopic (exact) mass is 382 g/mol. The van der Waals surface area contributed by atoms with Crippen LogP contribution in [0.4, 0.5) is 0 Å². The Labute approximate surface area is 165 Å². The molecule has 5 nitrogen and oxygen atoms in total. The number of hydrogen-bond donors (Lipinski definition) is 1. The number of rotatable bonds is 10. The van der Waals surface area contributed by atoms with Crippen LogP contribution in [0.3, 0.4) is 0 Å². The molecule has 0 fully saturated rings. The number of methoxy groups -OCH3 is 1. The van der Waals surface area contributed by atoms with Gasteiger partial charge in [-0.1, -0.05) is 63.0 Å². The first-order valence-electron chi connectivity index (χ1n) is 9.91. The van der Waals surface area contributed by atoms with Crippen LogP contribution in [0.15, 0.2) is 46.5 Å². The van der Waals surface area contributed by atoms with Gasteiger partial charge in [-0.2, -0.15) is 0 Å². The Balaban J connectivity index is 2.47. The van der Waals surface area contributed by atoms with Crippen molar-refractivity contribution in [3.63, 3.8) is 0 Å². The largest absolute Gasteiger partial charge is 0.496 e. The van der Waals surface area contributed by atoms with Crippen molar-refractivity contribution in [1.29, 1.82) is 0 Å². The molecule has 5 heteroatoms. The summed E-state index contributed by atoms with van der Waals surface area (Å²) < 4.78 is 6.81. The number of ether oxygens (including phenoxy) is 1. The first-order valence-corrected chi connectivity index (χ1v) is 9.91. The Morgan fingerprint density at radius 2 is 1.89 bits per heavy atom. The molecular formula is C23H30N2O3. The third-order valence-electron chi connectivity index (χ3n) is 4.65. The fourth-order valence-corrected chi connectivity index (χ4v) is 3.14. The van der Waals surface area contributed by atoms with Crippen LogP contribution in [0.5, 0.6) is 5.75 Å². The van der Waals surface area contributed by atoms with E-state index < -0.39 is 0 Å². The highest BCUT2D eigenvalue weighted by Gasteiger charge is 2.06. The molecule has 0 spiro atoms. The number of H-pyrrole nitrogens is 1. The van der Waals surface area contributed by atoms with Gasteiger partial charge in [0.2, 0.25) is 0 Å². The number of nitrogens with one attached hydrogen (secondary N) is 1. The van der Waals surface area contributed by atoms with Crippen LogP contribution >= 0.6 is 0 Å². The molecule has 0 saturated carbocycles. The van der Waals surface area contributed by atoms with E-state index in [0.717, 1.165) is 24.8 Å². The maximum atomic E-state index is 12.9. The summed E-state index contributed by atoms with van der Waals surface area (Å²) in [6, 6.07) is 7.38. The zero-order chi connectivity index (χ0) is 20.4. The van der Waals surface area contributed by atoms with Gasteiger partial charge in [0.15, 0.2) is 0 Å². The average molecular weight is 383 g/mol. The lowest BCUT2D eigenvalue weighted by Gasteiger charge is -2.06. The van der Waals surface area contributed by atoms with Crippen LogP contribution in [0, 0.1) is 0 Å². The van der Waals surface area contributed by atoms with Crippen molar-refractivity contribution < 1.29 is 4.74 Å². The molecule has 150 valence electrons. The fraction of sp³-hybridized carbons (Fsp3) is 0.391. The quantitative estimate of drug-likeness (QED) is 0.508. The topological polar surface area (TPSA) is 64.1 Å². The number of para-hydroxylation sites is 1. The molecule has 0 amide bonds. The van der Waals surface area contributed by atoms with Gasteiger partial charge in [0, 0.05) is 12.1 Å². The van der Waals surface area contributed by atoms with E-state index in [2.05, 4.69) is 18.5 Å². The molecular weight excluding hydrogens is 352 g/mol. The molecule has 0 saturated heterocycles. The number of aromatic nitrogens is 2. The zero-order valence-corrected chi connectivity index (χ0v) is 16.9. The predicted octanol–water partition coefficient (Wildman–Crippen LogP) is 2.70. The number of nitrogens with zero attached hydrogens (tertiary/aromatic N) is 1. The second kappa shape index (κ2) is 11.1. The first-order chi connectivity index (χ1) is 13.6. The third kappa shape index (κ3) is 5.59. The molecule has 0 aliphatic carbocycles. The minimum absolute atomic E-state index is 0.214. The number of allylic oxidation sites excluding steroid dienone is 1. The molecule has 28 heavy (non-hydrogen) atoms. The van der Waals surface area contributed by atoms with Crippen LogP contribution in [0.2, 0.25) is 0 Å². The number of unbranched alkanes of at least 4 members (excludes halogenated alkanes) is 5. The highest BCUT2D eigenvalue weighted by Crippen LogP contribution is 2.17. The van der Waals surface area contributed by atoms with E-state index in [9.17, 15) is 9.59 Å². The van der Waals surface area contributed by atoms with Gasteiger partial charge in [0.1, 0.15) is 16.4 Å². The van der Waals surface area contributed by atoms with E-state index >= 15 is 0 Å². The van der Waals surface area contributed by atoms with Gasteiger partial charge in [0.05, 0.1) is 7.11 Å². The summed E-state index contributed by atoms with van der Waals surface area (Å²) in [6.45, 7) is 6.17. The lowest BCUT2D eigenvalue weighted by atomic mass is 10.1. The highest BCUT2D eigenvalue weighted by atomic mass is 16.5. The van der Waals surface area contributed by atoms with E-state index in [1.54, 1.807) is 19.3 Å². The van der Waals surface area contributed by atoms with Crippen molar-refractivity contribution >= 4 is 12.2 Å². The minimum Gasteiger partial charge on any atom is -0.496 e. The fourth-order valence-electron chi connectivity index (χ4n) is 3.14. The molecule has 2 rings (SSSR count). The SMILES string of the molecule is C=CCn1c(=O)/c(=C/CCCCCCC)[nH]c(=O)/c1=C/c1ccccc1OC. The van der Waals surface area contributed by atoms with Gasteiger partial charge < -0.3 is 9.72 Å². The van der Waals surface area contributed by atoms with E-state index in [1.165, 1.54) is 23.8 Å². The minimum atomic E-state index is -0.301. The number of hydrogen-bond acceptors (Lipinski definition) is 3. The van der Waals surface area contributed by atoms with E-state index in [1.807, 2.05) is 30.3 Å². The Kier molecular flexibility index (Phi) is 8.53. The molecule has 1 N–H and O–H groups in total. The molecule has 1 aromatic carbocycles. The van der Waals surface area contributed by atoms with Crippen LogP contribution in [0.25, 0.3) is 12.2 Å². The summed E-state index contributed by atoms with van der Waals surface area (Å²) in [5, 5.41) is 0.633. The summed E-state index contributed by atoms with van der Waals surface area (Å²) in [5.74, 6) is 0.641. The highest BCUT2D eigenvalue weighted by molar-refractivity contribution is 5.56. The molecule has 0 unspecified atom stereocenters. The molecule has 0 bridgehead atoms. The van der Waals surface area contributed by atoms with Crippen molar-refractivity contribution in [1.82, 2.24) is 9.55 Å². The average Bonchev–Trinajstić information content (AvgIpc) is 2.71. The van der Waals surface area contributed by atoms with Gasteiger partial charge in [-0.05, 0) is 25.0 Å². The first kappa shape index (κ1) is 21.5. The molecule has 1 aromatic heterocycles. The summed E-state index contributed by atoms with van der Waals surface area (Å²) in [4.78, 5) is 28.4. The number of benzene rings is 1. The summed E-state index contributed by atoms with van der Waals surface area (Å²) in [6.07, 6.45) is 11.7. The van der Waals surface area contributed by atoms with Crippen LogP contribution < -0.4 is 26.6 Å². The lowest BCUT2D eigenvalue weighted by molar-refractivity contribution is 0.414. The van der Waals surface area contributed by atoms with Crippen molar-refractivity contribution in [2.45, 2.75) is 52.0 Å². The summed E-state index contributed by atoms with van der Waals surface area (Å²) >= 11 is 0. The van der Waals surface area contributed by atoms with Crippen LogP contribution in [-0.2, 0) is 6.54 Å². The summed E-state index contributed by atoms with van der Waals surface area (Å²) in [5.41, 5.74) is 0.221. The Morgan fingerprint density at radius 3 is 2.61 bits per heavy atom. The van der Waals surface area contributed by atoms with Crippen molar-refractivity contribution in [2.75, 3.05) is 7.11 Å². The Hall–Kier alpha value is -2.82. The Morgan fingerprint density at radius 1 is 1.14 bits per heavy atom. The zero-order valence-electron chi connectivity index (χ0n) is 16.9. The maximum absolute atomic E-state index is 12.9. The van der Waals surface area contributed by atoms with Crippen molar-refractivity contribution in [3.8, 4) is 5.75 Å². The maximum Gasteiger partial charge on any atom is 0.274 e. The summed E-state index contributed by atoms with van der Waals surface area (Å²) in [7, 11) is 1.58. The molecule has 1 heterocycles. The lowest BCUT2D eigenvalue weighted by Crippen LogP contribution is -2.53. The molecule has 0 aliphatic heterocycles. The van der Waals surface area contributed by atoms with Crippen molar-refractivity contribution in [3.05, 3.63) is 73.9 Å². The van der Waals surface area contributed by atoms with Gasteiger partial charge in [-0.15, -0.1) is 6.58 Å². The normalized spacial score (nSPS) is 12.4. The predicted molar refractivity (Wildman–Crippen MR) is 115 cm³/mol. The second-order valence-electron chi connectivity index (χ2n) is 6.75. The molecule has 0 aliphatic rings. The van der Waals surface area contributed by atoms with Crippen LogP contribution in [-0.4, -0.2) is 16.7 Å². The van der Waals surface area contributed by atoms with Crippen molar-refractivity contribution in [2.24, 2.45) is 0 Å². The Bertz CT molecular complexity index is 1020. The van der Waals surface area contributed by atoms with Gasteiger partial charge in [-0.25, -0.2) is 0 Å². The second-order valence-corrected chi connectivity index (χ2v) is 6.75. The van der Waals surface area contributed by atoms with E-state index in [4.69, 9.17) is 4.74 Å². The van der Waals surface area contributed by atoms with E-state index in [-0.39, 0.29) is 23.0 Å². The standard InChI is InChI=1S/C23H30N2O3/c1-4-6-7-8-9-10-14-19-23(27)25(16-5-2)20(22(26)24-19)17-18-13-11-12-15-21(18)28-3/h5,11-15,17H,2,4,6-10,16H2,1,3H3,(H,24,26)/b19-14-,20-17-. The smallest absolute Gasteiger partial charge is 0.274 e. The molecule has 0 radical (unpaired) electrons. The van der Waals surface area contributed by atoms with Crippen LogP contribution in [0.1, 0.15) is 51.0 Å². The van der Waals surface area contributed by atoms with Gasteiger partial charge in [-0.3, -0.25) is 14.2 Å². The van der Waals surface area contributed by atoms with Gasteiger partial charge >= 0.3 is 0 Å².